The van der Waals surface area contributed by atoms with Gasteiger partial charge in [-0.2, -0.15) is 0 Å². The molecule has 0 spiro atoms. The summed E-state index contributed by atoms with van der Waals surface area (Å²) >= 11 is 0. The SMILES string of the molecule is Cc1ccc(S(=O)(=O)NCCC(=O)Nc2ccccc2C(=O)NC(C)C)cc1. The van der Waals surface area contributed by atoms with Crippen molar-refractivity contribution in [2.24, 2.45) is 0 Å². The fourth-order valence-electron chi connectivity index (χ4n) is 2.44. The Morgan fingerprint density at radius 3 is 2.29 bits per heavy atom. The number of benzene rings is 2. The van der Waals surface area contributed by atoms with Crippen molar-refractivity contribution in [3.05, 3.63) is 59.7 Å². The third-order valence-electron chi connectivity index (χ3n) is 3.84. The number of sulfonamides is 1. The molecule has 2 aromatic carbocycles. The van der Waals surface area contributed by atoms with E-state index in [1.807, 2.05) is 20.8 Å². The first-order valence-corrected chi connectivity index (χ1v) is 10.4. The van der Waals surface area contributed by atoms with Gasteiger partial charge in [0.2, 0.25) is 15.9 Å². The van der Waals surface area contributed by atoms with Gasteiger partial charge in [0.25, 0.3) is 5.91 Å². The van der Waals surface area contributed by atoms with Crippen molar-refractivity contribution in [2.75, 3.05) is 11.9 Å². The van der Waals surface area contributed by atoms with Gasteiger partial charge in [-0.1, -0.05) is 29.8 Å². The summed E-state index contributed by atoms with van der Waals surface area (Å²) in [5, 5.41) is 5.44. The summed E-state index contributed by atoms with van der Waals surface area (Å²) in [6, 6.07) is 13.1. The summed E-state index contributed by atoms with van der Waals surface area (Å²) in [5.41, 5.74) is 1.69. The van der Waals surface area contributed by atoms with Crippen molar-refractivity contribution in [3.63, 3.8) is 0 Å². The Kier molecular flexibility index (Phi) is 7.31. The molecule has 0 radical (unpaired) electrons. The molecule has 0 aromatic heterocycles. The highest BCUT2D eigenvalue weighted by atomic mass is 32.2. The molecule has 2 rings (SSSR count). The van der Waals surface area contributed by atoms with Gasteiger partial charge < -0.3 is 10.6 Å². The number of aryl methyl sites for hydroxylation is 1. The highest BCUT2D eigenvalue weighted by Gasteiger charge is 2.16. The van der Waals surface area contributed by atoms with Crippen LogP contribution in [0.4, 0.5) is 5.69 Å². The van der Waals surface area contributed by atoms with E-state index in [-0.39, 0.29) is 29.8 Å². The molecule has 0 heterocycles. The Morgan fingerprint density at radius 1 is 1.00 bits per heavy atom. The van der Waals surface area contributed by atoms with E-state index < -0.39 is 15.9 Å². The Labute approximate surface area is 165 Å². The molecule has 7 nitrogen and oxygen atoms in total. The summed E-state index contributed by atoms with van der Waals surface area (Å²) in [6.45, 7) is 5.51. The quantitative estimate of drug-likeness (QED) is 0.630. The lowest BCUT2D eigenvalue weighted by Crippen LogP contribution is -2.31. The summed E-state index contributed by atoms with van der Waals surface area (Å²) in [7, 11) is -3.67. The maximum absolute atomic E-state index is 12.2. The minimum atomic E-state index is -3.67. The Bertz CT molecular complexity index is 938. The molecule has 8 heteroatoms. The van der Waals surface area contributed by atoms with Crippen molar-refractivity contribution in [2.45, 2.75) is 38.1 Å². The molecule has 0 unspecified atom stereocenters. The number of amides is 2. The molecule has 2 aromatic rings. The lowest BCUT2D eigenvalue weighted by atomic mass is 10.1. The minimum absolute atomic E-state index is 0.0348. The van der Waals surface area contributed by atoms with Gasteiger partial charge in [-0.05, 0) is 45.0 Å². The van der Waals surface area contributed by atoms with Gasteiger partial charge in [-0.25, -0.2) is 13.1 Å². The number of rotatable bonds is 8. The fourth-order valence-corrected chi connectivity index (χ4v) is 3.47. The van der Waals surface area contributed by atoms with Crippen molar-refractivity contribution in [3.8, 4) is 0 Å². The molecule has 150 valence electrons. The molecule has 0 aliphatic carbocycles. The van der Waals surface area contributed by atoms with Crippen LogP contribution < -0.4 is 15.4 Å². The number of para-hydroxylation sites is 1. The first kappa shape index (κ1) is 21.6. The normalized spacial score (nSPS) is 11.3. The highest BCUT2D eigenvalue weighted by molar-refractivity contribution is 7.89. The van der Waals surface area contributed by atoms with Crippen LogP contribution in [0.25, 0.3) is 0 Å². The van der Waals surface area contributed by atoms with Crippen LogP contribution in [0.15, 0.2) is 53.4 Å². The van der Waals surface area contributed by atoms with Crippen LogP contribution >= 0.6 is 0 Å². The first-order chi connectivity index (χ1) is 13.2. The van der Waals surface area contributed by atoms with Gasteiger partial charge >= 0.3 is 0 Å². The van der Waals surface area contributed by atoms with E-state index in [4.69, 9.17) is 0 Å². The first-order valence-electron chi connectivity index (χ1n) is 8.95. The van der Waals surface area contributed by atoms with Gasteiger partial charge in [0.15, 0.2) is 0 Å². The van der Waals surface area contributed by atoms with Crippen LogP contribution in [0.3, 0.4) is 0 Å². The molecular formula is C20H25N3O4S. The van der Waals surface area contributed by atoms with Crippen LogP contribution in [0.2, 0.25) is 0 Å². The van der Waals surface area contributed by atoms with Crippen molar-refractivity contribution < 1.29 is 18.0 Å². The van der Waals surface area contributed by atoms with Gasteiger partial charge in [0.1, 0.15) is 0 Å². The predicted octanol–water partition coefficient (Wildman–Crippen LogP) is 2.44. The minimum Gasteiger partial charge on any atom is -0.350 e. The largest absolute Gasteiger partial charge is 0.350 e. The van der Waals surface area contributed by atoms with E-state index in [9.17, 15) is 18.0 Å². The number of anilines is 1. The van der Waals surface area contributed by atoms with Crippen molar-refractivity contribution in [1.82, 2.24) is 10.0 Å². The lowest BCUT2D eigenvalue weighted by molar-refractivity contribution is -0.116. The van der Waals surface area contributed by atoms with E-state index in [0.29, 0.717) is 11.3 Å². The number of hydrogen-bond acceptors (Lipinski definition) is 4. The average Bonchev–Trinajstić information content (AvgIpc) is 2.61. The zero-order chi connectivity index (χ0) is 20.7. The molecule has 28 heavy (non-hydrogen) atoms. The second-order valence-corrected chi connectivity index (χ2v) is 8.45. The number of carbonyl (C=O) groups is 2. The number of carbonyl (C=O) groups excluding carboxylic acids is 2. The van der Waals surface area contributed by atoms with E-state index >= 15 is 0 Å². The van der Waals surface area contributed by atoms with E-state index in [1.165, 1.54) is 12.1 Å². The molecule has 0 saturated carbocycles. The van der Waals surface area contributed by atoms with Crippen LogP contribution in [0.1, 0.15) is 36.2 Å². The lowest BCUT2D eigenvalue weighted by Gasteiger charge is -2.13. The molecule has 2 amide bonds. The predicted molar refractivity (Wildman–Crippen MR) is 109 cm³/mol. The van der Waals surface area contributed by atoms with Crippen molar-refractivity contribution >= 4 is 27.5 Å². The number of nitrogens with one attached hydrogen (secondary N) is 3. The standard InChI is InChI=1S/C20H25N3O4S/c1-14(2)22-20(25)17-6-4-5-7-18(17)23-19(24)12-13-21-28(26,27)16-10-8-15(3)9-11-16/h4-11,14,21H,12-13H2,1-3H3,(H,22,25)(H,23,24). The third kappa shape index (κ3) is 6.17. The molecular weight excluding hydrogens is 378 g/mol. The smallest absolute Gasteiger partial charge is 0.253 e. The average molecular weight is 404 g/mol. The second-order valence-electron chi connectivity index (χ2n) is 6.68. The van der Waals surface area contributed by atoms with Gasteiger partial charge in [0, 0.05) is 19.0 Å². The molecule has 0 aliphatic rings. The molecule has 0 fully saturated rings. The Morgan fingerprint density at radius 2 is 1.64 bits per heavy atom. The molecule has 0 atom stereocenters. The van der Waals surface area contributed by atoms with E-state index in [0.717, 1.165) is 5.56 Å². The van der Waals surface area contributed by atoms with Gasteiger partial charge in [-0.3, -0.25) is 9.59 Å². The van der Waals surface area contributed by atoms with Crippen molar-refractivity contribution in [1.29, 1.82) is 0 Å². The van der Waals surface area contributed by atoms with Crippen LogP contribution in [0, 0.1) is 6.92 Å². The van der Waals surface area contributed by atoms with E-state index in [1.54, 1.807) is 36.4 Å². The topological polar surface area (TPSA) is 104 Å². The monoisotopic (exact) mass is 403 g/mol. The Hall–Kier alpha value is -2.71. The molecule has 0 bridgehead atoms. The molecule has 3 N–H and O–H groups in total. The van der Waals surface area contributed by atoms with Gasteiger partial charge in [0.05, 0.1) is 16.1 Å². The summed E-state index contributed by atoms with van der Waals surface area (Å²) in [6.07, 6.45) is -0.0643. The highest BCUT2D eigenvalue weighted by Crippen LogP contribution is 2.15. The van der Waals surface area contributed by atoms with E-state index in [2.05, 4.69) is 15.4 Å². The van der Waals surface area contributed by atoms with Crippen LogP contribution in [-0.2, 0) is 14.8 Å². The maximum Gasteiger partial charge on any atom is 0.253 e. The summed E-state index contributed by atoms with van der Waals surface area (Å²) < 4.78 is 26.9. The zero-order valence-electron chi connectivity index (χ0n) is 16.2. The van der Waals surface area contributed by atoms with Crippen LogP contribution in [0.5, 0.6) is 0 Å². The maximum atomic E-state index is 12.2. The zero-order valence-corrected chi connectivity index (χ0v) is 17.0. The summed E-state index contributed by atoms with van der Waals surface area (Å²) in [5.74, 6) is -0.678. The third-order valence-corrected chi connectivity index (χ3v) is 5.32. The fraction of sp³-hybridized carbons (Fsp3) is 0.300. The summed E-state index contributed by atoms with van der Waals surface area (Å²) in [4.78, 5) is 24.6. The number of hydrogen-bond donors (Lipinski definition) is 3. The molecule has 0 saturated heterocycles. The Balaban J connectivity index is 1.94. The molecule has 0 aliphatic heterocycles. The van der Waals surface area contributed by atoms with Gasteiger partial charge in [-0.15, -0.1) is 0 Å². The van der Waals surface area contributed by atoms with Crippen LogP contribution in [-0.4, -0.2) is 32.8 Å². The second kappa shape index (κ2) is 9.48.